The predicted octanol–water partition coefficient (Wildman–Crippen LogP) is 1.23. The van der Waals surface area contributed by atoms with E-state index in [-0.39, 0.29) is 19.6 Å². The number of carboxylic acid groups (broad SMARTS) is 1. The minimum Gasteiger partial charge on any atom is -0.480 e. The highest BCUT2D eigenvalue weighted by Gasteiger charge is 2.36. The Hall–Kier alpha value is -2.08. The molecule has 20 heavy (non-hydrogen) atoms. The van der Waals surface area contributed by atoms with E-state index in [1.54, 1.807) is 0 Å². The molecule has 6 nitrogen and oxygen atoms in total. The van der Waals surface area contributed by atoms with Gasteiger partial charge in [0, 0.05) is 0 Å². The van der Waals surface area contributed by atoms with Crippen molar-refractivity contribution in [1.29, 1.82) is 0 Å². The number of carbonyl (C=O) groups is 2. The summed E-state index contributed by atoms with van der Waals surface area (Å²) in [5, 5.41) is 18.7. The van der Waals surface area contributed by atoms with E-state index in [0.717, 1.165) is 10.5 Å². The van der Waals surface area contributed by atoms with Crippen LogP contribution in [0.1, 0.15) is 18.4 Å². The second kappa shape index (κ2) is 6.38. The average Bonchev–Trinajstić information content (AvgIpc) is 2.45. The first-order valence-corrected chi connectivity index (χ1v) is 6.46. The highest BCUT2D eigenvalue weighted by atomic mass is 16.6. The second-order valence-electron chi connectivity index (χ2n) is 4.78. The quantitative estimate of drug-likeness (QED) is 0.869. The summed E-state index contributed by atoms with van der Waals surface area (Å²) in [6.45, 7) is 0.0726. The van der Waals surface area contributed by atoms with Crippen LogP contribution in [0.15, 0.2) is 30.3 Å². The lowest BCUT2D eigenvalue weighted by Gasteiger charge is -2.34. The lowest BCUT2D eigenvalue weighted by molar-refractivity contribution is -0.145. The third-order valence-electron chi connectivity index (χ3n) is 3.28. The molecule has 0 radical (unpaired) electrons. The maximum absolute atomic E-state index is 12.0. The molecular weight excluding hydrogens is 262 g/mol. The van der Waals surface area contributed by atoms with Gasteiger partial charge in [-0.1, -0.05) is 30.3 Å². The van der Waals surface area contributed by atoms with Crippen LogP contribution in [0.2, 0.25) is 0 Å². The van der Waals surface area contributed by atoms with E-state index < -0.39 is 24.2 Å². The van der Waals surface area contributed by atoms with Crippen LogP contribution in [-0.2, 0) is 16.1 Å². The number of aliphatic hydroxyl groups is 1. The van der Waals surface area contributed by atoms with Crippen molar-refractivity contribution in [3.8, 4) is 0 Å². The summed E-state index contributed by atoms with van der Waals surface area (Å²) in [5.41, 5.74) is 0.824. The molecule has 1 fully saturated rings. The largest absolute Gasteiger partial charge is 0.480 e. The smallest absolute Gasteiger partial charge is 0.410 e. The molecule has 1 aromatic carbocycles. The van der Waals surface area contributed by atoms with Gasteiger partial charge in [0.05, 0.1) is 12.6 Å². The molecule has 1 aliphatic heterocycles. The molecule has 0 bridgehead atoms. The highest BCUT2D eigenvalue weighted by Crippen LogP contribution is 2.19. The number of amides is 1. The summed E-state index contributed by atoms with van der Waals surface area (Å²) in [7, 11) is 0. The Kier molecular flexibility index (Phi) is 4.57. The van der Waals surface area contributed by atoms with Gasteiger partial charge in [-0.25, -0.2) is 9.59 Å². The summed E-state index contributed by atoms with van der Waals surface area (Å²) in [6, 6.07) is 8.20. The van der Waals surface area contributed by atoms with Crippen LogP contribution in [0.25, 0.3) is 0 Å². The number of benzene rings is 1. The Labute approximate surface area is 116 Å². The molecular formula is C14H17NO5. The Morgan fingerprint density at radius 3 is 2.60 bits per heavy atom. The molecule has 1 amide bonds. The number of hydrogen-bond acceptors (Lipinski definition) is 4. The predicted molar refractivity (Wildman–Crippen MR) is 70.0 cm³/mol. The highest BCUT2D eigenvalue weighted by molar-refractivity contribution is 5.80. The van der Waals surface area contributed by atoms with Crippen molar-refractivity contribution in [3.05, 3.63) is 35.9 Å². The van der Waals surface area contributed by atoms with E-state index in [1.165, 1.54) is 0 Å². The molecule has 0 saturated carbocycles. The van der Waals surface area contributed by atoms with Crippen LogP contribution in [0.3, 0.4) is 0 Å². The molecule has 6 heteroatoms. The molecule has 0 unspecified atom stereocenters. The van der Waals surface area contributed by atoms with E-state index in [0.29, 0.717) is 6.42 Å². The SMILES string of the molecule is O=C(O)[C@H]1CC[C@H](O)CN1C(=O)OCc1ccccc1. The zero-order valence-corrected chi connectivity index (χ0v) is 10.9. The number of β-amino-alcohol motifs (C(OH)–C–C–N with tert-alkyl or cyclic N) is 1. The Morgan fingerprint density at radius 2 is 1.95 bits per heavy atom. The maximum atomic E-state index is 12.0. The first-order chi connectivity index (χ1) is 9.58. The summed E-state index contributed by atoms with van der Waals surface area (Å²) >= 11 is 0. The molecule has 2 atom stereocenters. The molecule has 108 valence electrons. The van der Waals surface area contributed by atoms with Crippen LogP contribution in [0, 0.1) is 0 Å². The minimum absolute atomic E-state index is 0.00934. The van der Waals surface area contributed by atoms with E-state index >= 15 is 0 Å². The molecule has 2 N–H and O–H groups in total. The number of piperidine rings is 1. The normalized spacial score (nSPS) is 22.4. The third-order valence-corrected chi connectivity index (χ3v) is 3.28. The first-order valence-electron chi connectivity index (χ1n) is 6.46. The average molecular weight is 279 g/mol. The summed E-state index contributed by atoms with van der Waals surface area (Å²) in [6.07, 6.45) is -0.800. The van der Waals surface area contributed by atoms with Gasteiger partial charge >= 0.3 is 12.1 Å². The lowest BCUT2D eigenvalue weighted by Crippen LogP contribution is -2.52. The summed E-state index contributed by atoms with van der Waals surface area (Å²) in [4.78, 5) is 24.2. The van der Waals surface area contributed by atoms with E-state index in [9.17, 15) is 14.7 Å². The second-order valence-corrected chi connectivity index (χ2v) is 4.78. The number of nitrogens with zero attached hydrogens (tertiary/aromatic N) is 1. The summed E-state index contributed by atoms with van der Waals surface area (Å²) in [5.74, 6) is -1.08. The lowest BCUT2D eigenvalue weighted by atomic mass is 10.0. The fourth-order valence-corrected chi connectivity index (χ4v) is 2.21. The van der Waals surface area contributed by atoms with Crippen LogP contribution in [-0.4, -0.2) is 45.9 Å². The van der Waals surface area contributed by atoms with Crippen LogP contribution >= 0.6 is 0 Å². The number of rotatable bonds is 3. The van der Waals surface area contributed by atoms with Crippen molar-refractivity contribution in [1.82, 2.24) is 4.90 Å². The number of aliphatic carboxylic acids is 1. The molecule has 1 aliphatic rings. The fourth-order valence-electron chi connectivity index (χ4n) is 2.21. The first kappa shape index (κ1) is 14.3. The maximum Gasteiger partial charge on any atom is 0.410 e. The Balaban J connectivity index is 1.97. The Morgan fingerprint density at radius 1 is 1.25 bits per heavy atom. The van der Waals surface area contributed by atoms with E-state index in [2.05, 4.69) is 0 Å². The van der Waals surface area contributed by atoms with Crippen LogP contribution in [0.5, 0.6) is 0 Å². The minimum atomic E-state index is -1.08. The zero-order chi connectivity index (χ0) is 14.5. The molecule has 0 spiro atoms. The van der Waals surface area contributed by atoms with Crippen molar-refractivity contribution in [2.45, 2.75) is 31.6 Å². The van der Waals surface area contributed by atoms with Crippen molar-refractivity contribution >= 4 is 12.1 Å². The molecule has 0 aliphatic carbocycles. The monoisotopic (exact) mass is 279 g/mol. The van der Waals surface area contributed by atoms with Crippen LogP contribution in [0.4, 0.5) is 4.79 Å². The van der Waals surface area contributed by atoms with Gasteiger partial charge < -0.3 is 14.9 Å². The molecule has 1 aromatic rings. The zero-order valence-electron chi connectivity index (χ0n) is 10.9. The van der Waals surface area contributed by atoms with Gasteiger partial charge in [0.15, 0.2) is 0 Å². The van der Waals surface area contributed by atoms with Gasteiger partial charge in [0.2, 0.25) is 0 Å². The van der Waals surface area contributed by atoms with Gasteiger partial charge in [-0.15, -0.1) is 0 Å². The van der Waals surface area contributed by atoms with Gasteiger partial charge in [-0.2, -0.15) is 0 Å². The topological polar surface area (TPSA) is 87.1 Å². The van der Waals surface area contributed by atoms with Crippen molar-refractivity contribution in [3.63, 3.8) is 0 Å². The fraction of sp³-hybridized carbons (Fsp3) is 0.429. The molecule has 1 saturated heterocycles. The van der Waals surface area contributed by atoms with Gasteiger partial charge in [0.1, 0.15) is 12.6 Å². The number of ether oxygens (including phenoxy) is 1. The van der Waals surface area contributed by atoms with E-state index in [1.807, 2.05) is 30.3 Å². The number of hydrogen-bond donors (Lipinski definition) is 2. The van der Waals surface area contributed by atoms with Crippen molar-refractivity contribution in [2.75, 3.05) is 6.54 Å². The van der Waals surface area contributed by atoms with Crippen LogP contribution < -0.4 is 0 Å². The molecule has 2 rings (SSSR count). The molecule has 1 heterocycles. The van der Waals surface area contributed by atoms with Gasteiger partial charge in [-0.3, -0.25) is 4.90 Å². The standard InChI is InChI=1S/C14H17NO5/c16-11-6-7-12(13(17)18)15(8-11)14(19)20-9-10-4-2-1-3-5-10/h1-5,11-12,16H,6-9H2,(H,17,18)/t11-,12+/m0/s1. The van der Waals surface area contributed by atoms with Crippen molar-refractivity contribution in [2.24, 2.45) is 0 Å². The Bertz CT molecular complexity index is 476. The van der Waals surface area contributed by atoms with Gasteiger partial charge in [0.25, 0.3) is 0 Å². The number of aliphatic hydroxyl groups excluding tert-OH is 1. The number of carboxylic acids is 1. The molecule has 0 aromatic heterocycles. The van der Waals surface area contributed by atoms with Gasteiger partial charge in [-0.05, 0) is 18.4 Å². The summed E-state index contributed by atoms with van der Waals surface area (Å²) < 4.78 is 5.11. The van der Waals surface area contributed by atoms with Crippen molar-refractivity contribution < 1.29 is 24.5 Å². The number of carbonyl (C=O) groups excluding carboxylic acids is 1. The third kappa shape index (κ3) is 3.48. The number of likely N-dealkylation sites (tertiary alicyclic amines) is 1. The van der Waals surface area contributed by atoms with E-state index in [4.69, 9.17) is 9.84 Å².